The average Bonchev–Trinajstić information content (AvgIpc) is 3.36. The number of carbonyl (C=O) groups excluding carboxylic acids is 1. The Morgan fingerprint density at radius 2 is 1.78 bits per heavy atom. The van der Waals surface area contributed by atoms with Crippen LogP contribution in [0.15, 0.2) is 89.2 Å². The van der Waals surface area contributed by atoms with E-state index in [1.807, 2.05) is 68.6 Å². The maximum absolute atomic E-state index is 11.5. The molecule has 0 amide bonds. The molecule has 0 fully saturated rings. The van der Waals surface area contributed by atoms with Crippen molar-refractivity contribution >= 4 is 17.3 Å². The third-order valence-electron chi connectivity index (χ3n) is 5.56. The SMILES string of the molecule is C=C(C)C(=O)OCCc1ccc(-c2cn(-c3ccc(N=Nc4cc(C)ccc4O)c(C)c3)nn2)cc1. The van der Waals surface area contributed by atoms with Gasteiger partial charge in [0.15, 0.2) is 0 Å². The molecule has 3 aromatic carbocycles. The van der Waals surface area contributed by atoms with Gasteiger partial charge in [0, 0.05) is 17.6 Å². The van der Waals surface area contributed by atoms with Gasteiger partial charge in [-0.2, -0.15) is 5.11 Å². The standard InChI is InChI=1S/C28H27N5O3/c1-18(2)28(35)36-14-13-21-6-8-22(9-7-21)26-17-33(32-31-26)23-10-11-24(20(4)16-23)29-30-25-15-19(3)5-12-27(25)34/h5-12,15-17,34H,1,13-14H2,2-4H3. The second-order valence-electron chi connectivity index (χ2n) is 8.57. The molecule has 0 radical (unpaired) electrons. The summed E-state index contributed by atoms with van der Waals surface area (Å²) in [4.78, 5) is 11.5. The van der Waals surface area contributed by atoms with Crippen LogP contribution < -0.4 is 0 Å². The predicted octanol–water partition coefficient (Wildman–Crippen LogP) is 6.33. The first-order valence-electron chi connectivity index (χ1n) is 11.5. The Kier molecular flexibility index (Phi) is 7.34. The number of hydrogen-bond acceptors (Lipinski definition) is 7. The van der Waals surface area contributed by atoms with Crippen molar-refractivity contribution in [2.75, 3.05) is 6.61 Å². The summed E-state index contributed by atoms with van der Waals surface area (Å²) in [6.07, 6.45) is 2.49. The molecule has 8 nitrogen and oxygen atoms in total. The zero-order valence-electron chi connectivity index (χ0n) is 20.5. The number of rotatable bonds is 8. The van der Waals surface area contributed by atoms with Crippen LogP contribution in [0.5, 0.6) is 5.75 Å². The highest BCUT2D eigenvalue weighted by Gasteiger charge is 2.09. The van der Waals surface area contributed by atoms with E-state index in [9.17, 15) is 9.90 Å². The average molecular weight is 482 g/mol. The maximum atomic E-state index is 11.5. The van der Waals surface area contributed by atoms with Gasteiger partial charge in [-0.3, -0.25) is 0 Å². The Hall–Kier alpha value is -4.59. The molecule has 182 valence electrons. The van der Waals surface area contributed by atoms with Gasteiger partial charge in [0.2, 0.25) is 0 Å². The van der Waals surface area contributed by atoms with Crippen LogP contribution >= 0.6 is 0 Å². The van der Waals surface area contributed by atoms with Gasteiger partial charge in [0.1, 0.15) is 17.1 Å². The van der Waals surface area contributed by atoms with Crippen molar-refractivity contribution in [3.8, 4) is 22.7 Å². The lowest BCUT2D eigenvalue weighted by atomic mass is 10.1. The number of aryl methyl sites for hydroxylation is 2. The van der Waals surface area contributed by atoms with Crippen LogP contribution in [0.2, 0.25) is 0 Å². The van der Waals surface area contributed by atoms with Crippen LogP contribution in [-0.2, 0) is 16.0 Å². The van der Waals surface area contributed by atoms with Gasteiger partial charge in [-0.05, 0) is 67.8 Å². The minimum absolute atomic E-state index is 0.0908. The number of azo groups is 1. The summed E-state index contributed by atoms with van der Waals surface area (Å²) in [5, 5.41) is 27.0. The van der Waals surface area contributed by atoms with E-state index in [2.05, 4.69) is 27.1 Å². The first-order chi connectivity index (χ1) is 17.3. The quantitative estimate of drug-likeness (QED) is 0.180. The monoisotopic (exact) mass is 481 g/mol. The van der Waals surface area contributed by atoms with Crippen LogP contribution in [0.25, 0.3) is 16.9 Å². The van der Waals surface area contributed by atoms with Crippen molar-refractivity contribution in [3.05, 3.63) is 95.7 Å². The first-order valence-corrected chi connectivity index (χ1v) is 11.5. The highest BCUT2D eigenvalue weighted by atomic mass is 16.5. The van der Waals surface area contributed by atoms with Crippen molar-refractivity contribution < 1.29 is 14.6 Å². The number of aromatic nitrogens is 3. The molecule has 0 aliphatic heterocycles. The Morgan fingerprint density at radius 1 is 1.03 bits per heavy atom. The number of ether oxygens (including phenoxy) is 1. The van der Waals surface area contributed by atoms with Gasteiger partial charge >= 0.3 is 5.97 Å². The van der Waals surface area contributed by atoms with E-state index < -0.39 is 0 Å². The second-order valence-corrected chi connectivity index (χ2v) is 8.57. The van der Waals surface area contributed by atoms with Gasteiger partial charge in [-0.15, -0.1) is 10.2 Å². The highest BCUT2D eigenvalue weighted by Crippen LogP contribution is 2.30. The van der Waals surface area contributed by atoms with Gasteiger partial charge in [-0.25, -0.2) is 9.48 Å². The molecule has 1 heterocycles. The van der Waals surface area contributed by atoms with E-state index in [1.165, 1.54) is 0 Å². The molecule has 36 heavy (non-hydrogen) atoms. The molecular weight excluding hydrogens is 454 g/mol. The lowest BCUT2D eigenvalue weighted by Gasteiger charge is -2.05. The van der Waals surface area contributed by atoms with Crippen molar-refractivity contribution in [2.24, 2.45) is 10.2 Å². The van der Waals surface area contributed by atoms with Crippen LogP contribution in [0.4, 0.5) is 11.4 Å². The van der Waals surface area contributed by atoms with E-state index >= 15 is 0 Å². The molecule has 0 aliphatic rings. The highest BCUT2D eigenvalue weighted by molar-refractivity contribution is 5.86. The van der Waals surface area contributed by atoms with Crippen molar-refractivity contribution in [1.82, 2.24) is 15.0 Å². The Morgan fingerprint density at radius 3 is 2.50 bits per heavy atom. The van der Waals surface area contributed by atoms with E-state index in [-0.39, 0.29) is 11.7 Å². The van der Waals surface area contributed by atoms with E-state index in [0.29, 0.717) is 30.0 Å². The zero-order valence-corrected chi connectivity index (χ0v) is 20.5. The molecular formula is C28H27N5O3. The summed E-state index contributed by atoms with van der Waals surface area (Å²) in [5.41, 5.74) is 7.01. The number of phenolic OH excluding ortho intramolecular Hbond substituents is 1. The number of hydrogen-bond donors (Lipinski definition) is 1. The molecule has 0 bridgehead atoms. The van der Waals surface area contributed by atoms with Gasteiger partial charge in [0.05, 0.1) is 24.2 Å². The second kappa shape index (κ2) is 10.8. The Balaban J connectivity index is 1.43. The minimum atomic E-state index is -0.375. The van der Waals surface area contributed by atoms with Gasteiger partial charge < -0.3 is 9.84 Å². The van der Waals surface area contributed by atoms with Gasteiger partial charge in [0.25, 0.3) is 0 Å². The summed E-state index contributed by atoms with van der Waals surface area (Å²) >= 11 is 0. The zero-order chi connectivity index (χ0) is 25.7. The maximum Gasteiger partial charge on any atom is 0.333 e. The number of phenols is 1. The first kappa shape index (κ1) is 24.5. The fourth-order valence-electron chi connectivity index (χ4n) is 3.46. The third-order valence-corrected chi connectivity index (χ3v) is 5.56. The smallest absolute Gasteiger partial charge is 0.333 e. The minimum Gasteiger partial charge on any atom is -0.506 e. The van der Waals surface area contributed by atoms with Gasteiger partial charge in [-0.1, -0.05) is 42.1 Å². The lowest BCUT2D eigenvalue weighted by Crippen LogP contribution is -2.07. The summed E-state index contributed by atoms with van der Waals surface area (Å²) < 4.78 is 6.86. The van der Waals surface area contributed by atoms with E-state index in [1.54, 1.807) is 23.7 Å². The van der Waals surface area contributed by atoms with Crippen molar-refractivity contribution in [2.45, 2.75) is 27.2 Å². The van der Waals surface area contributed by atoms with Crippen molar-refractivity contribution in [1.29, 1.82) is 0 Å². The number of aromatic hydroxyl groups is 1. The Bertz CT molecular complexity index is 1440. The van der Waals surface area contributed by atoms with Crippen LogP contribution in [0.3, 0.4) is 0 Å². The normalized spacial score (nSPS) is 11.1. The molecule has 0 unspecified atom stereocenters. The van der Waals surface area contributed by atoms with Crippen LogP contribution in [0, 0.1) is 13.8 Å². The predicted molar refractivity (Wildman–Crippen MR) is 138 cm³/mol. The number of nitrogens with zero attached hydrogens (tertiary/aromatic N) is 5. The third kappa shape index (κ3) is 5.90. The molecule has 1 N–H and O–H groups in total. The van der Waals surface area contributed by atoms with Crippen molar-refractivity contribution in [3.63, 3.8) is 0 Å². The summed E-state index contributed by atoms with van der Waals surface area (Å²) in [7, 11) is 0. The molecule has 0 aliphatic carbocycles. The van der Waals surface area contributed by atoms with E-state index in [4.69, 9.17) is 4.74 Å². The summed E-state index contributed by atoms with van der Waals surface area (Å²) in [6, 6.07) is 18.8. The topological polar surface area (TPSA) is 102 Å². The molecule has 0 spiro atoms. The molecule has 4 aromatic rings. The molecule has 0 saturated heterocycles. The number of carbonyl (C=O) groups is 1. The lowest BCUT2D eigenvalue weighted by molar-refractivity contribution is -0.138. The molecule has 1 aromatic heterocycles. The van der Waals surface area contributed by atoms with E-state index in [0.717, 1.165) is 33.6 Å². The Labute approximate surface area is 209 Å². The summed E-state index contributed by atoms with van der Waals surface area (Å²) in [6.45, 7) is 9.39. The van der Waals surface area contributed by atoms with Crippen LogP contribution in [0.1, 0.15) is 23.6 Å². The molecule has 0 atom stereocenters. The molecule has 4 rings (SSSR count). The molecule has 0 saturated carbocycles. The largest absolute Gasteiger partial charge is 0.506 e. The summed E-state index contributed by atoms with van der Waals surface area (Å²) in [5.74, 6) is -0.284. The van der Waals surface area contributed by atoms with Crippen LogP contribution in [-0.4, -0.2) is 32.7 Å². The fourth-order valence-corrected chi connectivity index (χ4v) is 3.46. The fraction of sp³-hybridized carbons (Fsp3) is 0.179. The number of benzene rings is 3. The molecule has 8 heteroatoms. The number of esters is 1.